The highest BCUT2D eigenvalue weighted by atomic mass is 16.5. The number of methoxy groups -OCH3 is 1. The van der Waals surface area contributed by atoms with Gasteiger partial charge in [-0.15, -0.1) is 0 Å². The minimum atomic E-state index is -0.666. The number of nitrogens with one attached hydrogen (secondary N) is 1. The fourth-order valence-corrected chi connectivity index (χ4v) is 3.42. The Hall–Kier alpha value is -3.02. The van der Waals surface area contributed by atoms with E-state index in [1.807, 2.05) is 69.3 Å². The molecule has 2 amide bonds. The number of carbonyl (C=O) groups excluding carboxylic acids is 2. The van der Waals surface area contributed by atoms with E-state index in [0.717, 1.165) is 16.9 Å². The minimum absolute atomic E-state index is 0.123. The highest BCUT2D eigenvalue weighted by molar-refractivity contribution is 5.88. The molecule has 1 atom stereocenters. The van der Waals surface area contributed by atoms with E-state index in [-0.39, 0.29) is 30.4 Å². The van der Waals surface area contributed by atoms with Gasteiger partial charge in [-0.3, -0.25) is 9.59 Å². The molecule has 0 saturated heterocycles. The predicted molar refractivity (Wildman–Crippen MR) is 132 cm³/mol. The van der Waals surface area contributed by atoms with Gasteiger partial charge in [-0.25, -0.2) is 0 Å². The molecule has 0 unspecified atom stereocenters. The van der Waals surface area contributed by atoms with E-state index in [1.165, 1.54) is 0 Å². The second-order valence-corrected chi connectivity index (χ2v) is 10.3. The molecule has 0 aliphatic rings. The van der Waals surface area contributed by atoms with E-state index >= 15 is 0 Å². The normalized spacial score (nSPS) is 12.6. The topological polar surface area (TPSA) is 67.9 Å². The molecule has 2 aromatic rings. The van der Waals surface area contributed by atoms with E-state index in [9.17, 15) is 9.59 Å². The van der Waals surface area contributed by atoms with Crippen LogP contribution in [0.2, 0.25) is 0 Å². The van der Waals surface area contributed by atoms with Crippen molar-refractivity contribution in [3.8, 4) is 11.5 Å². The fraction of sp³-hybridized carbons (Fsp3) is 0.481. The molecule has 0 aliphatic carbocycles. The van der Waals surface area contributed by atoms with Crippen molar-refractivity contribution in [2.75, 3.05) is 13.7 Å². The van der Waals surface area contributed by atoms with Crippen LogP contribution in [-0.2, 0) is 21.5 Å². The van der Waals surface area contributed by atoms with Crippen molar-refractivity contribution in [1.29, 1.82) is 0 Å². The first-order chi connectivity index (χ1) is 15.3. The van der Waals surface area contributed by atoms with Gasteiger partial charge in [0.25, 0.3) is 5.91 Å². The molecule has 0 bridgehead atoms. The van der Waals surface area contributed by atoms with E-state index in [2.05, 4.69) is 26.1 Å². The molecule has 0 aromatic heterocycles. The molecular formula is C27H38N2O4. The molecule has 0 spiro atoms. The Kier molecular flexibility index (Phi) is 8.53. The van der Waals surface area contributed by atoms with E-state index < -0.39 is 11.6 Å². The molecule has 0 fully saturated rings. The molecule has 2 rings (SSSR count). The predicted octanol–water partition coefficient (Wildman–Crippen LogP) is 4.70. The number of para-hydroxylation sites is 1. The Morgan fingerprint density at radius 3 is 2.12 bits per heavy atom. The molecule has 1 N–H and O–H groups in total. The highest BCUT2D eigenvalue weighted by Crippen LogP contribution is 2.31. The Balaban J connectivity index is 2.24. The third-order valence-corrected chi connectivity index (χ3v) is 5.22. The summed E-state index contributed by atoms with van der Waals surface area (Å²) < 4.78 is 11.2. The first-order valence-corrected chi connectivity index (χ1v) is 11.3. The molecule has 0 heterocycles. The van der Waals surface area contributed by atoms with Crippen molar-refractivity contribution in [3.05, 3.63) is 59.7 Å². The van der Waals surface area contributed by atoms with Gasteiger partial charge in [0.05, 0.1) is 7.11 Å². The zero-order valence-corrected chi connectivity index (χ0v) is 21.2. The molecule has 6 nitrogen and oxygen atoms in total. The van der Waals surface area contributed by atoms with Gasteiger partial charge < -0.3 is 19.7 Å². The molecule has 0 aliphatic heterocycles. The third-order valence-electron chi connectivity index (χ3n) is 5.22. The first-order valence-electron chi connectivity index (χ1n) is 11.3. The summed E-state index contributed by atoms with van der Waals surface area (Å²) >= 11 is 0. The van der Waals surface area contributed by atoms with Crippen LogP contribution in [-0.4, -0.2) is 42.0 Å². The Morgan fingerprint density at radius 1 is 0.970 bits per heavy atom. The summed E-state index contributed by atoms with van der Waals surface area (Å²) in [4.78, 5) is 27.8. The number of ether oxygens (including phenoxy) is 2. The Bertz CT molecular complexity index is 940. The quantitative estimate of drug-likeness (QED) is 0.628. The van der Waals surface area contributed by atoms with E-state index in [4.69, 9.17) is 9.47 Å². The summed E-state index contributed by atoms with van der Waals surface area (Å²) in [5.41, 5.74) is 1.40. The lowest BCUT2D eigenvalue weighted by atomic mass is 9.86. The zero-order chi connectivity index (χ0) is 24.8. The highest BCUT2D eigenvalue weighted by Gasteiger charge is 2.29. The van der Waals surface area contributed by atoms with Gasteiger partial charge in [-0.2, -0.15) is 0 Å². The molecule has 180 valence electrons. The largest absolute Gasteiger partial charge is 0.497 e. The van der Waals surface area contributed by atoms with Gasteiger partial charge in [-0.05, 0) is 62.4 Å². The lowest BCUT2D eigenvalue weighted by Gasteiger charge is -2.31. The van der Waals surface area contributed by atoms with Crippen LogP contribution in [0.15, 0.2) is 48.5 Å². The smallest absolute Gasteiger partial charge is 0.261 e. The Labute approximate surface area is 198 Å². The molecule has 33 heavy (non-hydrogen) atoms. The van der Waals surface area contributed by atoms with Crippen LogP contribution in [0.3, 0.4) is 0 Å². The summed E-state index contributed by atoms with van der Waals surface area (Å²) in [5, 5.41) is 2.97. The number of rotatable bonds is 8. The summed E-state index contributed by atoms with van der Waals surface area (Å²) in [6.07, 6.45) is 0. The summed E-state index contributed by atoms with van der Waals surface area (Å²) in [5.74, 6) is 0.942. The lowest BCUT2D eigenvalue weighted by molar-refractivity contribution is -0.142. The SMILES string of the molecule is COc1ccc(CN(C(=O)COc2ccccc2C(C)(C)C)[C@H](C)C(=O)NC(C)(C)C)cc1. The summed E-state index contributed by atoms with van der Waals surface area (Å²) in [6, 6.07) is 14.5. The summed E-state index contributed by atoms with van der Waals surface area (Å²) in [7, 11) is 1.61. The van der Waals surface area contributed by atoms with Crippen LogP contribution in [0.25, 0.3) is 0 Å². The van der Waals surface area contributed by atoms with Crippen molar-refractivity contribution < 1.29 is 19.1 Å². The van der Waals surface area contributed by atoms with Crippen LogP contribution in [0.1, 0.15) is 59.6 Å². The lowest BCUT2D eigenvalue weighted by Crippen LogP contribution is -2.53. The van der Waals surface area contributed by atoms with Crippen LogP contribution >= 0.6 is 0 Å². The fourth-order valence-electron chi connectivity index (χ4n) is 3.42. The number of hydrogen-bond acceptors (Lipinski definition) is 4. The van der Waals surface area contributed by atoms with Crippen molar-refractivity contribution >= 4 is 11.8 Å². The van der Waals surface area contributed by atoms with Crippen molar-refractivity contribution in [3.63, 3.8) is 0 Å². The van der Waals surface area contributed by atoms with Gasteiger partial charge >= 0.3 is 0 Å². The van der Waals surface area contributed by atoms with E-state index in [1.54, 1.807) is 18.9 Å². The van der Waals surface area contributed by atoms with Crippen LogP contribution in [0, 0.1) is 0 Å². The van der Waals surface area contributed by atoms with Crippen LogP contribution in [0.5, 0.6) is 11.5 Å². The first kappa shape index (κ1) is 26.2. The number of benzene rings is 2. The van der Waals surface area contributed by atoms with Gasteiger partial charge in [0, 0.05) is 12.1 Å². The van der Waals surface area contributed by atoms with Gasteiger partial charge in [-0.1, -0.05) is 51.1 Å². The Morgan fingerprint density at radius 2 is 1.58 bits per heavy atom. The zero-order valence-electron chi connectivity index (χ0n) is 21.2. The minimum Gasteiger partial charge on any atom is -0.497 e. The molecule has 6 heteroatoms. The second kappa shape index (κ2) is 10.7. The van der Waals surface area contributed by atoms with Crippen LogP contribution in [0.4, 0.5) is 0 Å². The average Bonchev–Trinajstić information content (AvgIpc) is 2.74. The molecule has 0 saturated carbocycles. The van der Waals surface area contributed by atoms with Crippen molar-refractivity contribution in [2.45, 2.75) is 72.0 Å². The van der Waals surface area contributed by atoms with Crippen LogP contribution < -0.4 is 14.8 Å². The monoisotopic (exact) mass is 454 g/mol. The van der Waals surface area contributed by atoms with E-state index in [0.29, 0.717) is 5.75 Å². The molecule has 2 aromatic carbocycles. The number of hydrogen-bond donors (Lipinski definition) is 1. The van der Waals surface area contributed by atoms with Gasteiger partial charge in [0.1, 0.15) is 17.5 Å². The average molecular weight is 455 g/mol. The maximum Gasteiger partial charge on any atom is 0.261 e. The second-order valence-electron chi connectivity index (χ2n) is 10.3. The van der Waals surface area contributed by atoms with Gasteiger partial charge in [0.15, 0.2) is 6.61 Å². The number of carbonyl (C=O) groups is 2. The third kappa shape index (κ3) is 7.81. The van der Waals surface area contributed by atoms with Crippen molar-refractivity contribution in [2.24, 2.45) is 0 Å². The molecule has 0 radical (unpaired) electrons. The maximum absolute atomic E-state index is 13.3. The standard InChI is InChI=1S/C27H38N2O4/c1-19(25(31)28-27(5,6)7)29(17-20-13-15-21(32-8)16-14-20)24(30)18-33-23-12-10-9-11-22(23)26(2,3)4/h9-16,19H,17-18H2,1-8H3,(H,28,31)/t19-/m1/s1. The van der Waals surface area contributed by atoms with Gasteiger partial charge in [0.2, 0.25) is 5.91 Å². The summed E-state index contributed by atoms with van der Waals surface area (Å²) in [6.45, 7) is 13.9. The molecular weight excluding hydrogens is 416 g/mol. The number of nitrogens with zero attached hydrogens (tertiary/aromatic N) is 1. The number of amides is 2. The maximum atomic E-state index is 13.3. The van der Waals surface area contributed by atoms with Crippen molar-refractivity contribution in [1.82, 2.24) is 10.2 Å².